The molecule has 6 aliphatic rings. The number of carbonyl (C=O) groups excluding carboxylic acids is 1. The van der Waals surface area contributed by atoms with E-state index in [4.69, 9.17) is 14.2 Å². The van der Waals surface area contributed by atoms with Gasteiger partial charge in [-0.3, -0.25) is 4.79 Å². The molecule has 0 aromatic heterocycles. The maximum atomic E-state index is 12.0. The van der Waals surface area contributed by atoms with Crippen molar-refractivity contribution < 1.29 is 34.3 Å². The van der Waals surface area contributed by atoms with Crippen LogP contribution in [-0.4, -0.2) is 65.2 Å². The molecule has 6 rings (SSSR count). The van der Waals surface area contributed by atoms with E-state index >= 15 is 0 Å². The molecule has 14 atom stereocenters. The van der Waals surface area contributed by atoms with E-state index in [0.29, 0.717) is 36.2 Å². The Morgan fingerprint density at radius 1 is 0.889 bits per heavy atom. The van der Waals surface area contributed by atoms with Crippen molar-refractivity contribution in [2.24, 2.45) is 56.7 Å². The zero-order chi connectivity index (χ0) is 32.7. The molecule has 1 unspecified atom stereocenters. The third-order valence-corrected chi connectivity index (χ3v) is 15.8. The summed E-state index contributed by atoms with van der Waals surface area (Å²) < 4.78 is 17.9. The molecule has 1 saturated heterocycles. The topological polar surface area (TPSA) is 105 Å². The highest BCUT2D eigenvalue weighted by Crippen LogP contribution is 2.77. The molecule has 256 valence electrons. The Morgan fingerprint density at radius 2 is 1.62 bits per heavy atom. The smallest absolute Gasteiger partial charge is 0.302 e. The number of rotatable bonds is 6. The summed E-state index contributed by atoms with van der Waals surface area (Å²) in [5.41, 5.74) is 1.96. The lowest BCUT2D eigenvalue weighted by Crippen LogP contribution is -2.67. The van der Waals surface area contributed by atoms with Crippen molar-refractivity contribution in [2.75, 3.05) is 13.2 Å². The van der Waals surface area contributed by atoms with Crippen LogP contribution in [0.25, 0.3) is 0 Å². The van der Waals surface area contributed by atoms with E-state index in [1.165, 1.54) is 37.7 Å². The first-order valence-corrected chi connectivity index (χ1v) is 18.1. The molecular weight excluding hydrogens is 568 g/mol. The Bertz CT molecular complexity index is 1150. The van der Waals surface area contributed by atoms with Crippen molar-refractivity contribution >= 4 is 5.97 Å². The van der Waals surface area contributed by atoms with Crippen molar-refractivity contribution in [3.05, 3.63) is 12.2 Å². The van der Waals surface area contributed by atoms with Gasteiger partial charge >= 0.3 is 5.97 Å². The summed E-state index contributed by atoms with van der Waals surface area (Å²) in [7, 11) is 0. The van der Waals surface area contributed by atoms with Gasteiger partial charge in [0.05, 0.1) is 19.3 Å². The van der Waals surface area contributed by atoms with Crippen molar-refractivity contribution in [2.45, 2.75) is 150 Å². The first kappa shape index (κ1) is 33.9. The van der Waals surface area contributed by atoms with Gasteiger partial charge in [-0.15, -0.1) is 0 Å². The molecule has 0 bridgehead atoms. The largest absolute Gasteiger partial charge is 0.462 e. The Labute approximate surface area is 271 Å². The minimum Gasteiger partial charge on any atom is -0.462 e. The van der Waals surface area contributed by atoms with E-state index in [9.17, 15) is 20.1 Å². The molecule has 7 heteroatoms. The molecule has 6 fully saturated rings. The molecule has 0 amide bonds. The fourth-order valence-electron chi connectivity index (χ4n) is 13.4. The maximum absolute atomic E-state index is 12.0. The van der Waals surface area contributed by atoms with E-state index < -0.39 is 24.6 Å². The molecule has 5 aliphatic carbocycles. The molecular formula is C38H62O7. The van der Waals surface area contributed by atoms with Crippen molar-refractivity contribution in [1.82, 2.24) is 0 Å². The maximum Gasteiger partial charge on any atom is 0.302 e. The van der Waals surface area contributed by atoms with Gasteiger partial charge in [-0.2, -0.15) is 0 Å². The van der Waals surface area contributed by atoms with Crippen molar-refractivity contribution in [1.29, 1.82) is 0 Å². The molecule has 7 nitrogen and oxygen atoms in total. The molecule has 3 N–H and O–H groups in total. The van der Waals surface area contributed by atoms with Gasteiger partial charge in [0.1, 0.15) is 18.3 Å². The number of ether oxygens (including phenoxy) is 3. The molecule has 5 saturated carbocycles. The van der Waals surface area contributed by atoms with Crippen LogP contribution in [0.2, 0.25) is 0 Å². The van der Waals surface area contributed by atoms with Gasteiger partial charge in [0.15, 0.2) is 6.29 Å². The van der Waals surface area contributed by atoms with E-state index in [0.717, 1.165) is 32.1 Å². The van der Waals surface area contributed by atoms with Crippen LogP contribution < -0.4 is 0 Å². The second-order valence-electron chi connectivity index (χ2n) is 17.9. The van der Waals surface area contributed by atoms with Gasteiger partial charge in [0.25, 0.3) is 0 Å². The van der Waals surface area contributed by atoms with Crippen LogP contribution >= 0.6 is 0 Å². The highest BCUT2D eigenvalue weighted by Gasteiger charge is 2.71. The SMILES string of the molecule is C=C(C)[C@@H]1CC[C@]2(CO[C@@H]3C[C@@H](O)O[C@H](CO)[C@@H]3O)CC[C@]3(C)[C@H](CC[C@@H]4[C@@]5(C)CCC(OC(C)=O)C(C)(C)[C@@H]5CC[C@]43C)[C@@H]12. The number of allylic oxidation sites excluding steroid dienone is 1. The Morgan fingerprint density at radius 3 is 2.29 bits per heavy atom. The van der Waals surface area contributed by atoms with Crippen LogP contribution in [0.5, 0.6) is 0 Å². The van der Waals surface area contributed by atoms with E-state index in [1.54, 1.807) is 6.92 Å². The lowest BCUT2D eigenvalue weighted by molar-refractivity contribution is -0.265. The summed E-state index contributed by atoms with van der Waals surface area (Å²) in [4.78, 5) is 12.0. The molecule has 0 radical (unpaired) electrons. The standard InChI is InChI=1S/C38H62O7/c1-22(2)24-11-16-38(21-43-26-19-31(41)45-27(20-39)33(26)42)18-17-36(7)25(32(24)38)9-10-29-35(6)14-13-30(44-23(3)40)34(4,5)28(35)12-15-37(29,36)8/h24-33,39,41-42H,1,9-21H2,2-8H3/t24-,25+,26+,27+,28-,29+,30?,31-,32+,33+,35-,36+,37+,38+/m0/s1. The number of aliphatic hydroxyl groups excluding tert-OH is 3. The molecule has 1 aliphatic heterocycles. The normalized spacial score (nSPS) is 52.1. The van der Waals surface area contributed by atoms with Gasteiger partial charge in [0, 0.05) is 18.8 Å². The minimum absolute atomic E-state index is 0.00233. The molecule has 45 heavy (non-hydrogen) atoms. The van der Waals surface area contributed by atoms with E-state index in [2.05, 4.69) is 48.1 Å². The summed E-state index contributed by atoms with van der Waals surface area (Å²) in [6, 6.07) is 0. The van der Waals surface area contributed by atoms with E-state index in [-0.39, 0.29) is 52.2 Å². The molecule has 0 spiro atoms. The first-order chi connectivity index (χ1) is 21.0. The average Bonchev–Trinajstić information content (AvgIpc) is 3.35. The number of hydrogen-bond donors (Lipinski definition) is 3. The number of carbonyl (C=O) groups is 1. The minimum atomic E-state index is -1.04. The fraction of sp³-hybridized carbons (Fsp3) is 0.921. The van der Waals surface area contributed by atoms with Gasteiger partial charge in [-0.1, -0.05) is 46.8 Å². The lowest BCUT2D eigenvalue weighted by Gasteiger charge is -2.73. The molecule has 0 aromatic rings. The molecule has 0 aromatic carbocycles. The monoisotopic (exact) mass is 630 g/mol. The Kier molecular flexibility index (Phi) is 8.71. The summed E-state index contributed by atoms with van der Waals surface area (Å²) in [5.74, 6) is 2.57. The van der Waals surface area contributed by atoms with Crippen LogP contribution in [0.3, 0.4) is 0 Å². The fourth-order valence-corrected chi connectivity index (χ4v) is 13.4. The second kappa shape index (κ2) is 11.6. The molecule has 1 heterocycles. The van der Waals surface area contributed by atoms with Gasteiger partial charge < -0.3 is 29.5 Å². The van der Waals surface area contributed by atoms with Crippen molar-refractivity contribution in [3.8, 4) is 0 Å². The average molecular weight is 631 g/mol. The third kappa shape index (κ3) is 5.02. The quantitative estimate of drug-likeness (QED) is 0.230. The summed E-state index contributed by atoms with van der Waals surface area (Å²) in [6.07, 6.45) is 8.38. The summed E-state index contributed by atoms with van der Waals surface area (Å²) in [5, 5.41) is 30.9. The summed E-state index contributed by atoms with van der Waals surface area (Å²) >= 11 is 0. The Balaban J connectivity index is 1.28. The second-order valence-corrected chi connectivity index (χ2v) is 17.9. The van der Waals surface area contributed by atoms with Gasteiger partial charge in [-0.25, -0.2) is 0 Å². The predicted octanol–water partition coefficient (Wildman–Crippen LogP) is 6.42. The summed E-state index contributed by atoms with van der Waals surface area (Å²) in [6.45, 7) is 21.2. The highest BCUT2D eigenvalue weighted by atomic mass is 16.6. The van der Waals surface area contributed by atoms with Crippen LogP contribution in [0, 0.1) is 56.7 Å². The van der Waals surface area contributed by atoms with Crippen LogP contribution in [0.15, 0.2) is 12.2 Å². The first-order valence-electron chi connectivity index (χ1n) is 18.1. The third-order valence-electron chi connectivity index (χ3n) is 15.8. The Hall–Kier alpha value is -0.990. The highest BCUT2D eigenvalue weighted by molar-refractivity contribution is 5.66. The van der Waals surface area contributed by atoms with Crippen molar-refractivity contribution in [3.63, 3.8) is 0 Å². The number of fused-ring (bicyclic) bond motifs is 7. The number of aliphatic hydroxyl groups is 3. The zero-order valence-electron chi connectivity index (χ0n) is 29.1. The van der Waals surface area contributed by atoms with Crippen LogP contribution in [0.1, 0.15) is 119 Å². The van der Waals surface area contributed by atoms with Crippen LogP contribution in [-0.2, 0) is 19.0 Å². The van der Waals surface area contributed by atoms with Gasteiger partial charge in [0.2, 0.25) is 0 Å². The van der Waals surface area contributed by atoms with Gasteiger partial charge in [-0.05, 0) is 122 Å². The zero-order valence-corrected chi connectivity index (χ0v) is 29.1. The number of esters is 1. The van der Waals surface area contributed by atoms with E-state index in [1.807, 2.05) is 0 Å². The predicted molar refractivity (Wildman–Crippen MR) is 173 cm³/mol. The lowest BCUT2D eigenvalue weighted by atomic mass is 9.32. The number of hydrogen-bond acceptors (Lipinski definition) is 7. The van der Waals surface area contributed by atoms with Crippen LogP contribution in [0.4, 0.5) is 0 Å².